The van der Waals surface area contributed by atoms with Crippen LogP contribution in [0.4, 0.5) is 5.69 Å². The Bertz CT molecular complexity index is 1030. The number of carbonyl (C=O) groups is 3. The summed E-state index contributed by atoms with van der Waals surface area (Å²) >= 11 is 0. The lowest BCUT2D eigenvalue weighted by Gasteiger charge is -2.29. The Labute approximate surface area is 174 Å². The fourth-order valence-corrected chi connectivity index (χ4v) is 4.68. The van der Waals surface area contributed by atoms with Crippen molar-refractivity contribution in [3.63, 3.8) is 0 Å². The second-order valence-electron chi connectivity index (χ2n) is 8.17. The highest BCUT2D eigenvalue weighted by molar-refractivity contribution is 6.06. The SMILES string of the molecule is O=C1CCC(N2Cc3cccc(CNC4CNc5ccccc5C4)c3C2=O)C(=O)N1. The van der Waals surface area contributed by atoms with Crippen LogP contribution in [0.25, 0.3) is 0 Å². The van der Waals surface area contributed by atoms with Crippen molar-refractivity contribution in [2.45, 2.75) is 44.4 Å². The lowest BCUT2D eigenvalue weighted by atomic mass is 9.98. The van der Waals surface area contributed by atoms with Crippen LogP contribution in [-0.4, -0.2) is 41.2 Å². The zero-order chi connectivity index (χ0) is 20.7. The number of nitrogens with one attached hydrogen (secondary N) is 3. The molecule has 2 aromatic rings. The monoisotopic (exact) mass is 404 g/mol. The van der Waals surface area contributed by atoms with Crippen LogP contribution in [0.3, 0.4) is 0 Å². The number of para-hydroxylation sites is 1. The molecule has 5 rings (SSSR count). The van der Waals surface area contributed by atoms with Gasteiger partial charge in [0.15, 0.2) is 0 Å². The molecule has 0 aliphatic carbocycles. The quantitative estimate of drug-likeness (QED) is 0.673. The summed E-state index contributed by atoms with van der Waals surface area (Å²) < 4.78 is 0. The molecule has 7 nitrogen and oxygen atoms in total. The standard InChI is InChI=1S/C23H24N4O3/c28-20-9-8-19(22(29)26-20)27-13-16-6-3-5-15(21(16)23(27)30)11-24-17-10-14-4-1-2-7-18(14)25-12-17/h1-7,17,19,24-25H,8-13H2,(H,26,28,29). The van der Waals surface area contributed by atoms with Crippen molar-refractivity contribution in [2.24, 2.45) is 0 Å². The van der Waals surface area contributed by atoms with Crippen molar-refractivity contribution in [1.82, 2.24) is 15.5 Å². The van der Waals surface area contributed by atoms with Gasteiger partial charge in [0.05, 0.1) is 0 Å². The van der Waals surface area contributed by atoms with E-state index >= 15 is 0 Å². The van der Waals surface area contributed by atoms with E-state index in [1.807, 2.05) is 24.3 Å². The summed E-state index contributed by atoms with van der Waals surface area (Å²) in [5.74, 6) is -0.768. The first kappa shape index (κ1) is 18.8. The number of benzene rings is 2. The number of anilines is 1. The normalized spacial score (nSPS) is 22.9. The molecule has 3 aliphatic rings. The molecular weight excluding hydrogens is 380 g/mol. The predicted molar refractivity (Wildman–Crippen MR) is 112 cm³/mol. The molecule has 7 heteroatoms. The van der Waals surface area contributed by atoms with Crippen molar-refractivity contribution in [2.75, 3.05) is 11.9 Å². The average Bonchev–Trinajstić information content (AvgIpc) is 3.09. The minimum Gasteiger partial charge on any atom is -0.383 e. The molecule has 1 saturated heterocycles. The van der Waals surface area contributed by atoms with Gasteiger partial charge in [-0.3, -0.25) is 19.7 Å². The van der Waals surface area contributed by atoms with Crippen molar-refractivity contribution < 1.29 is 14.4 Å². The first-order valence-electron chi connectivity index (χ1n) is 10.4. The fraction of sp³-hybridized carbons (Fsp3) is 0.348. The molecule has 0 aromatic heterocycles. The van der Waals surface area contributed by atoms with Gasteiger partial charge in [-0.25, -0.2) is 0 Å². The van der Waals surface area contributed by atoms with Crippen LogP contribution in [0.5, 0.6) is 0 Å². The summed E-state index contributed by atoms with van der Waals surface area (Å²) in [6.07, 6.45) is 1.58. The zero-order valence-corrected chi connectivity index (χ0v) is 16.6. The third-order valence-electron chi connectivity index (χ3n) is 6.24. The number of nitrogens with zero attached hydrogens (tertiary/aromatic N) is 1. The summed E-state index contributed by atoms with van der Waals surface area (Å²) in [6.45, 7) is 1.83. The molecule has 30 heavy (non-hydrogen) atoms. The highest BCUT2D eigenvalue weighted by Gasteiger charge is 2.39. The number of carbonyl (C=O) groups excluding carboxylic acids is 3. The second-order valence-corrected chi connectivity index (χ2v) is 8.17. The Morgan fingerprint density at radius 3 is 2.73 bits per heavy atom. The van der Waals surface area contributed by atoms with E-state index in [4.69, 9.17) is 0 Å². The van der Waals surface area contributed by atoms with Crippen LogP contribution < -0.4 is 16.0 Å². The third kappa shape index (κ3) is 3.35. The highest BCUT2D eigenvalue weighted by Crippen LogP contribution is 2.30. The largest absolute Gasteiger partial charge is 0.383 e. The summed E-state index contributed by atoms with van der Waals surface area (Å²) in [6, 6.07) is 13.9. The number of piperidine rings is 1. The Balaban J connectivity index is 1.29. The predicted octanol–water partition coefficient (Wildman–Crippen LogP) is 1.57. The van der Waals surface area contributed by atoms with Gasteiger partial charge in [0.2, 0.25) is 11.8 Å². The van der Waals surface area contributed by atoms with Gasteiger partial charge in [-0.2, -0.15) is 0 Å². The first-order valence-corrected chi connectivity index (χ1v) is 10.4. The zero-order valence-electron chi connectivity index (χ0n) is 16.6. The number of hydrogen-bond donors (Lipinski definition) is 3. The molecule has 0 saturated carbocycles. The highest BCUT2D eigenvalue weighted by atomic mass is 16.2. The molecular formula is C23H24N4O3. The third-order valence-corrected chi connectivity index (χ3v) is 6.24. The van der Waals surface area contributed by atoms with Crippen LogP contribution in [0.1, 0.15) is 39.9 Å². The van der Waals surface area contributed by atoms with Gasteiger partial charge in [-0.1, -0.05) is 36.4 Å². The van der Waals surface area contributed by atoms with Crippen molar-refractivity contribution in [3.05, 3.63) is 64.7 Å². The molecule has 2 aromatic carbocycles. The van der Waals surface area contributed by atoms with E-state index in [2.05, 4.69) is 34.1 Å². The number of imide groups is 1. The minimum absolute atomic E-state index is 0.121. The van der Waals surface area contributed by atoms with E-state index in [-0.39, 0.29) is 30.2 Å². The molecule has 0 bridgehead atoms. The summed E-state index contributed by atoms with van der Waals surface area (Å²) in [4.78, 5) is 38.5. The van der Waals surface area contributed by atoms with E-state index in [0.29, 0.717) is 25.1 Å². The maximum absolute atomic E-state index is 13.2. The molecule has 3 amide bonds. The van der Waals surface area contributed by atoms with Crippen LogP contribution in [0.15, 0.2) is 42.5 Å². The van der Waals surface area contributed by atoms with Gasteiger partial charge in [0, 0.05) is 43.3 Å². The molecule has 1 fully saturated rings. The van der Waals surface area contributed by atoms with Gasteiger partial charge in [0.1, 0.15) is 6.04 Å². The molecule has 3 aliphatic heterocycles. The van der Waals surface area contributed by atoms with E-state index in [1.165, 1.54) is 11.3 Å². The minimum atomic E-state index is -0.581. The Morgan fingerprint density at radius 2 is 1.87 bits per heavy atom. The van der Waals surface area contributed by atoms with E-state index < -0.39 is 6.04 Å². The summed E-state index contributed by atoms with van der Waals surface area (Å²) in [5.41, 5.74) is 5.06. The van der Waals surface area contributed by atoms with Crippen molar-refractivity contribution in [1.29, 1.82) is 0 Å². The van der Waals surface area contributed by atoms with Crippen molar-refractivity contribution in [3.8, 4) is 0 Å². The molecule has 3 heterocycles. The van der Waals surface area contributed by atoms with E-state index in [1.54, 1.807) is 4.90 Å². The summed E-state index contributed by atoms with van der Waals surface area (Å²) in [5, 5.41) is 9.39. The maximum atomic E-state index is 13.2. The van der Waals surface area contributed by atoms with Crippen LogP contribution in [-0.2, 0) is 29.1 Å². The van der Waals surface area contributed by atoms with Crippen LogP contribution in [0, 0.1) is 0 Å². The first-order chi connectivity index (χ1) is 14.6. The lowest BCUT2D eigenvalue weighted by molar-refractivity contribution is -0.136. The number of amides is 3. The Kier molecular flexibility index (Phi) is 4.75. The van der Waals surface area contributed by atoms with Gasteiger partial charge < -0.3 is 15.5 Å². The molecule has 0 spiro atoms. The summed E-state index contributed by atoms with van der Waals surface area (Å²) in [7, 11) is 0. The molecule has 2 atom stereocenters. The van der Waals surface area contributed by atoms with Gasteiger partial charge in [0.25, 0.3) is 5.91 Å². The Morgan fingerprint density at radius 1 is 1.03 bits per heavy atom. The number of fused-ring (bicyclic) bond motifs is 2. The fourth-order valence-electron chi connectivity index (χ4n) is 4.68. The average molecular weight is 404 g/mol. The molecule has 3 N–H and O–H groups in total. The Hall–Kier alpha value is -3.19. The number of hydrogen-bond acceptors (Lipinski definition) is 5. The van der Waals surface area contributed by atoms with Gasteiger partial charge in [-0.15, -0.1) is 0 Å². The van der Waals surface area contributed by atoms with Crippen LogP contribution >= 0.6 is 0 Å². The van der Waals surface area contributed by atoms with Gasteiger partial charge in [-0.05, 0) is 35.6 Å². The van der Waals surface area contributed by atoms with E-state index in [9.17, 15) is 14.4 Å². The topological polar surface area (TPSA) is 90.5 Å². The molecule has 0 radical (unpaired) electrons. The second kappa shape index (κ2) is 7.57. The lowest BCUT2D eigenvalue weighted by Crippen LogP contribution is -2.52. The smallest absolute Gasteiger partial charge is 0.255 e. The molecule has 154 valence electrons. The van der Waals surface area contributed by atoms with Crippen LogP contribution in [0.2, 0.25) is 0 Å². The maximum Gasteiger partial charge on any atom is 0.255 e. The molecule has 2 unspecified atom stereocenters. The van der Waals surface area contributed by atoms with Crippen molar-refractivity contribution >= 4 is 23.4 Å². The van der Waals surface area contributed by atoms with Gasteiger partial charge >= 0.3 is 0 Å². The van der Waals surface area contributed by atoms with E-state index in [0.717, 1.165) is 24.1 Å². The number of rotatable bonds is 4.